The second-order valence-corrected chi connectivity index (χ2v) is 13.6. The predicted octanol–water partition coefficient (Wildman–Crippen LogP) is 2.29. The van der Waals surface area contributed by atoms with Crippen LogP contribution in [0.25, 0.3) is 10.9 Å². The van der Waals surface area contributed by atoms with Gasteiger partial charge >= 0.3 is 265 Å². The number of piperazine rings is 1. The molecule has 15 heteroatoms. The number of carboxylic acids is 1. The minimum absolute atomic E-state index is 0.00565. The second-order valence-electron chi connectivity index (χ2n) is 10.9. The molecule has 1 N–H and O–H groups in total. The van der Waals surface area contributed by atoms with Crippen molar-refractivity contribution in [1.82, 2.24) is 24.7 Å². The van der Waals surface area contributed by atoms with Crippen molar-refractivity contribution < 1.29 is 43.0 Å². The first-order valence-electron chi connectivity index (χ1n) is 15.1. The number of hydrogen-bond donors (Lipinski definition) is 1. The molecular weight excluding hydrogens is 661 g/mol. The summed E-state index contributed by atoms with van der Waals surface area (Å²) < 4.78 is 15.5. The Labute approximate surface area is 271 Å². The van der Waals surface area contributed by atoms with Gasteiger partial charge in [-0.3, -0.25) is 0 Å². The molecule has 1 aromatic carbocycles. The molecule has 0 aliphatic carbocycles. The summed E-state index contributed by atoms with van der Waals surface area (Å²) in [5.41, 5.74) is 1.43. The molecule has 1 saturated heterocycles. The van der Waals surface area contributed by atoms with E-state index in [1.807, 2.05) is 0 Å². The standard InChI is InChI=1S/C31H35AsN5O9/c1-3-44-31(43)36-14-12-35(13-15-36)30(42)21(8-9-28(39)40)32-29(41)24-16-25(20-6-4-5-7-22(20)34-24)45-18-27(38)37-11-10-23-26(17-37)46-19(2)33-23/h4-7,16,21H,3,8-15,17-18H2,1-2H3,(H,39,40)/t21-/m0/s1. The van der Waals surface area contributed by atoms with Gasteiger partial charge < -0.3 is 0 Å². The maximum atomic E-state index is 13.6. The van der Waals surface area contributed by atoms with Crippen LogP contribution in [0.3, 0.4) is 0 Å². The molecule has 2 aliphatic rings. The Morgan fingerprint density at radius 3 is 2.50 bits per heavy atom. The Kier molecular flexibility index (Phi) is 10.6. The summed E-state index contributed by atoms with van der Waals surface area (Å²) in [7, 11) is 0. The van der Waals surface area contributed by atoms with Crippen LogP contribution in [0.5, 0.6) is 5.75 Å². The van der Waals surface area contributed by atoms with Crippen LogP contribution >= 0.6 is 0 Å². The first-order valence-corrected chi connectivity index (χ1v) is 17.1. The SMILES string of the molecule is CCOC(=O)N1CCN(C(=O)[C@H](CCC(=O)O)[As]C(=O)c2cc(OCC(=O)N3CCc4nc(C)oc4C3)c3ccccc3n2)CC1. The third-order valence-corrected chi connectivity index (χ3v) is 10.4. The van der Waals surface area contributed by atoms with E-state index in [9.17, 15) is 29.1 Å². The third-order valence-electron chi connectivity index (χ3n) is 7.75. The average Bonchev–Trinajstić information content (AvgIpc) is 3.44. The fraction of sp³-hybridized carbons (Fsp3) is 0.452. The van der Waals surface area contributed by atoms with E-state index in [4.69, 9.17) is 13.9 Å². The molecule has 0 unspecified atom stereocenters. The van der Waals surface area contributed by atoms with Crippen molar-refractivity contribution in [2.45, 2.75) is 44.4 Å². The molecule has 1 fully saturated rings. The van der Waals surface area contributed by atoms with E-state index < -0.39 is 32.5 Å². The van der Waals surface area contributed by atoms with Crippen LogP contribution in [0.1, 0.15) is 47.6 Å². The van der Waals surface area contributed by atoms with Gasteiger partial charge in [0.25, 0.3) is 0 Å². The maximum absolute atomic E-state index is 13.6. The Balaban J connectivity index is 1.28. The molecule has 14 nitrogen and oxygen atoms in total. The van der Waals surface area contributed by atoms with Crippen LogP contribution in [0.15, 0.2) is 34.7 Å². The number of aryl methyl sites for hydroxylation is 1. The van der Waals surface area contributed by atoms with E-state index in [2.05, 4.69) is 9.97 Å². The Bertz CT molecular complexity index is 1640. The molecule has 3 amide bonds. The van der Waals surface area contributed by atoms with Gasteiger partial charge in [0.15, 0.2) is 0 Å². The van der Waals surface area contributed by atoms with Gasteiger partial charge in [0, 0.05) is 6.92 Å². The molecule has 0 saturated carbocycles. The molecule has 0 spiro atoms. The number of fused-ring (bicyclic) bond motifs is 2. The van der Waals surface area contributed by atoms with E-state index in [0.717, 1.165) is 5.69 Å². The fourth-order valence-electron chi connectivity index (χ4n) is 5.39. The normalized spacial score (nSPS) is 15.6. The van der Waals surface area contributed by atoms with Crippen molar-refractivity contribution in [2.75, 3.05) is 45.9 Å². The number of pyridine rings is 1. The van der Waals surface area contributed by atoms with E-state index in [0.29, 0.717) is 47.8 Å². The van der Waals surface area contributed by atoms with E-state index >= 15 is 0 Å². The number of aromatic nitrogens is 2. The van der Waals surface area contributed by atoms with Gasteiger partial charge in [0.2, 0.25) is 0 Å². The molecule has 1 atom stereocenters. The number of hydrogen-bond acceptors (Lipinski definition) is 10. The Hall–Kier alpha value is -4.45. The monoisotopic (exact) mass is 696 g/mol. The molecule has 2 aliphatic heterocycles. The average molecular weight is 697 g/mol. The number of carboxylic acid groups (broad SMARTS) is 1. The molecule has 46 heavy (non-hydrogen) atoms. The van der Waals surface area contributed by atoms with Crippen LogP contribution < -0.4 is 4.74 Å². The molecule has 0 bridgehead atoms. The van der Waals surface area contributed by atoms with Crippen molar-refractivity contribution in [3.8, 4) is 5.75 Å². The Morgan fingerprint density at radius 2 is 1.76 bits per heavy atom. The van der Waals surface area contributed by atoms with Crippen molar-refractivity contribution in [2.24, 2.45) is 0 Å². The number of benzene rings is 1. The number of ether oxygens (including phenoxy) is 2. The molecule has 4 heterocycles. The summed E-state index contributed by atoms with van der Waals surface area (Å²) in [5, 5.41) is 9.95. The van der Waals surface area contributed by atoms with Crippen LogP contribution in [0, 0.1) is 6.92 Å². The van der Waals surface area contributed by atoms with Gasteiger partial charge in [-0.15, -0.1) is 0 Å². The predicted molar refractivity (Wildman–Crippen MR) is 163 cm³/mol. The van der Waals surface area contributed by atoms with Gasteiger partial charge in [-0.05, 0) is 0 Å². The zero-order chi connectivity index (χ0) is 32.8. The third kappa shape index (κ3) is 7.85. The summed E-state index contributed by atoms with van der Waals surface area (Å²) in [6, 6.07) is 8.56. The van der Waals surface area contributed by atoms with Gasteiger partial charge in [0.05, 0.1) is 0 Å². The summed E-state index contributed by atoms with van der Waals surface area (Å²) >= 11 is -1.36. The number of aliphatic carboxylic acids is 1. The number of para-hydroxylation sites is 1. The molecule has 2 aromatic heterocycles. The quantitative estimate of drug-likeness (QED) is 0.292. The van der Waals surface area contributed by atoms with Crippen molar-refractivity contribution in [1.29, 1.82) is 0 Å². The number of nitrogens with zero attached hydrogens (tertiary/aromatic N) is 5. The van der Waals surface area contributed by atoms with Gasteiger partial charge in [-0.1, -0.05) is 0 Å². The van der Waals surface area contributed by atoms with Crippen molar-refractivity contribution >= 4 is 55.1 Å². The van der Waals surface area contributed by atoms with Crippen molar-refractivity contribution in [3.05, 3.63) is 53.4 Å². The zero-order valence-electron chi connectivity index (χ0n) is 25.6. The van der Waals surface area contributed by atoms with E-state index in [-0.39, 0.29) is 74.3 Å². The van der Waals surface area contributed by atoms with Gasteiger partial charge in [-0.25, -0.2) is 0 Å². The molecule has 3 aromatic rings. The first kappa shape index (κ1) is 32.9. The van der Waals surface area contributed by atoms with Gasteiger partial charge in [-0.2, -0.15) is 0 Å². The van der Waals surface area contributed by atoms with Crippen molar-refractivity contribution in [3.63, 3.8) is 0 Å². The van der Waals surface area contributed by atoms with Crippen LogP contribution in [0.2, 0.25) is 4.71 Å². The Morgan fingerprint density at radius 1 is 1.02 bits per heavy atom. The van der Waals surface area contributed by atoms with Gasteiger partial charge in [0.1, 0.15) is 0 Å². The molecular formula is C31H35AsN5O9. The molecule has 5 rings (SSSR count). The zero-order valence-corrected chi connectivity index (χ0v) is 27.5. The van der Waals surface area contributed by atoms with Crippen LogP contribution in [0.4, 0.5) is 4.79 Å². The minimum atomic E-state index is -1.36. The van der Waals surface area contributed by atoms with E-state index in [1.54, 1.807) is 47.9 Å². The summed E-state index contributed by atoms with van der Waals surface area (Å²) in [6.45, 7) is 5.31. The number of amides is 3. The summed E-state index contributed by atoms with van der Waals surface area (Å²) in [6.07, 6.45) is -0.127. The van der Waals surface area contributed by atoms with Crippen LogP contribution in [-0.4, -0.2) is 120 Å². The second kappa shape index (κ2) is 14.8. The number of oxazole rings is 1. The number of carbonyl (C=O) groups excluding carboxylic acids is 4. The first-order chi connectivity index (χ1) is 22.1. The van der Waals surface area contributed by atoms with E-state index in [1.165, 1.54) is 11.0 Å². The number of carbonyl (C=O) groups is 5. The number of rotatable bonds is 11. The molecule has 243 valence electrons. The molecule has 1 radical (unpaired) electrons. The fourth-order valence-corrected chi connectivity index (χ4v) is 7.61. The summed E-state index contributed by atoms with van der Waals surface area (Å²) in [4.78, 5) is 77.3. The topological polar surface area (TPSA) is 173 Å². The van der Waals surface area contributed by atoms with Crippen LogP contribution in [-0.2, 0) is 32.1 Å². The summed E-state index contributed by atoms with van der Waals surface area (Å²) in [5.74, 6) is -0.0985.